The topological polar surface area (TPSA) is 97.2 Å². The quantitative estimate of drug-likeness (QED) is 0.425. The fraction of sp³-hybridized carbons (Fsp3) is 0.348. The van der Waals surface area contributed by atoms with Crippen LogP contribution in [-0.2, 0) is 27.8 Å². The van der Waals surface area contributed by atoms with E-state index in [1.54, 1.807) is 18.2 Å². The first-order valence-electron chi connectivity index (χ1n) is 10.7. The summed E-state index contributed by atoms with van der Waals surface area (Å²) in [5, 5.41) is 3.51. The molecule has 0 aliphatic carbocycles. The van der Waals surface area contributed by atoms with Crippen LogP contribution >= 0.6 is 11.3 Å². The summed E-state index contributed by atoms with van der Waals surface area (Å²) in [6, 6.07) is 9.06. The number of carbonyl (C=O) groups excluding carboxylic acids is 1. The Morgan fingerprint density at radius 3 is 2.52 bits per heavy atom. The monoisotopic (exact) mass is 485 g/mol. The average Bonchev–Trinajstić information content (AvgIpc) is 3.35. The van der Waals surface area contributed by atoms with Gasteiger partial charge in [-0.05, 0) is 50.1 Å². The fourth-order valence-corrected chi connectivity index (χ4v) is 5.74. The molecule has 0 aliphatic rings. The number of fused-ring (bicyclic) bond motifs is 2. The summed E-state index contributed by atoms with van der Waals surface area (Å²) in [5.74, 6) is 0.619. The molecule has 4 aromatic rings. The van der Waals surface area contributed by atoms with Gasteiger partial charge >= 0.3 is 0 Å². The van der Waals surface area contributed by atoms with E-state index in [4.69, 9.17) is 0 Å². The number of imidazole rings is 1. The van der Waals surface area contributed by atoms with Crippen LogP contribution in [0.4, 0.5) is 5.13 Å². The van der Waals surface area contributed by atoms with Gasteiger partial charge < -0.3 is 9.88 Å². The predicted molar refractivity (Wildman–Crippen MR) is 132 cm³/mol. The second-order valence-corrected chi connectivity index (χ2v) is 11.3. The van der Waals surface area contributed by atoms with Crippen molar-refractivity contribution in [1.29, 1.82) is 0 Å². The highest BCUT2D eigenvalue weighted by molar-refractivity contribution is 7.89. The van der Waals surface area contributed by atoms with Gasteiger partial charge in [0, 0.05) is 33.5 Å². The number of sulfonamides is 1. The minimum Gasteiger partial charge on any atom is -0.328 e. The number of benzene rings is 2. The number of nitrogens with one attached hydrogen (secondary N) is 1. The summed E-state index contributed by atoms with van der Waals surface area (Å²) < 4.78 is 29.2. The lowest BCUT2D eigenvalue weighted by Crippen LogP contribution is -2.22. The zero-order chi connectivity index (χ0) is 23.9. The van der Waals surface area contributed by atoms with Crippen molar-refractivity contribution in [1.82, 2.24) is 18.8 Å². The summed E-state index contributed by atoms with van der Waals surface area (Å²) in [6.07, 6.45) is 0.688. The molecular formula is C23H27N5O3S2. The van der Waals surface area contributed by atoms with Crippen LogP contribution in [0.3, 0.4) is 0 Å². The number of thiazole rings is 1. The van der Waals surface area contributed by atoms with Crippen LogP contribution in [0.5, 0.6) is 0 Å². The van der Waals surface area contributed by atoms with Crippen LogP contribution in [0.25, 0.3) is 21.3 Å². The number of nitrogens with zero attached hydrogens (tertiary/aromatic N) is 4. The van der Waals surface area contributed by atoms with Gasteiger partial charge in [-0.1, -0.05) is 23.5 Å². The third kappa shape index (κ3) is 4.38. The highest BCUT2D eigenvalue weighted by Gasteiger charge is 2.20. The first-order chi connectivity index (χ1) is 15.6. The molecule has 2 aromatic heterocycles. The number of rotatable bonds is 7. The maximum absolute atomic E-state index is 12.6. The SMILES string of the molecule is CCn1c(CCC(=O)Nc2nc3c(C)ccc(C)c3s2)nc2cc(S(=O)(=O)N(C)C)ccc21. The van der Waals surface area contributed by atoms with Gasteiger partial charge in [0.15, 0.2) is 5.13 Å². The first-order valence-corrected chi connectivity index (χ1v) is 13.0. The van der Waals surface area contributed by atoms with Gasteiger partial charge in [0.2, 0.25) is 15.9 Å². The van der Waals surface area contributed by atoms with Crippen molar-refractivity contribution in [3.63, 3.8) is 0 Å². The van der Waals surface area contributed by atoms with Crippen LogP contribution in [0, 0.1) is 13.8 Å². The second kappa shape index (κ2) is 8.85. The zero-order valence-corrected chi connectivity index (χ0v) is 21.0. The minimum absolute atomic E-state index is 0.130. The number of hydrogen-bond donors (Lipinski definition) is 1. The van der Waals surface area contributed by atoms with E-state index in [1.807, 2.05) is 31.4 Å². The number of hydrogen-bond acceptors (Lipinski definition) is 6. The highest BCUT2D eigenvalue weighted by atomic mass is 32.2. The number of anilines is 1. The average molecular weight is 486 g/mol. The molecule has 0 radical (unpaired) electrons. The third-order valence-electron chi connectivity index (χ3n) is 5.66. The Kier molecular flexibility index (Phi) is 6.26. The maximum Gasteiger partial charge on any atom is 0.242 e. The molecule has 2 aromatic carbocycles. The van der Waals surface area contributed by atoms with Crippen LogP contribution < -0.4 is 5.32 Å². The molecular weight excluding hydrogens is 458 g/mol. The van der Waals surface area contributed by atoms with Crippen LogP contribution in [0.15, 0.2) is 35.2 Å². The van der Waals surface area contributed by atoms with Gasteiger partial charge in [0.1, 0.15) is 5.82 Å². The van der Waals surface area contributed by atoms with Crippen molar-refractivity contribution in [2.24, 2.45) is 0 Å². The number of carbonyl (C=O) groups is 1. The largest absolute Gasteiger partial charge is 0.328 e. The van der Waals surface area contributed by atoms with E-state index in [0.29, 0.717) is 23.6 Å². The molecule has 0 bridgehead atoms. The van der Waals surface area contributed by atoms with E-state index < -0.39 is 10.0 Å². The molecule has 2 heterocycles. The summed E-state index contributed by atoms with van der Waals surface area (Å²) in [4.78, 5) is 22.1. The van der Waals surface area contributed by atoms with Crippen LogP contribution in [0.2, 0.25) is 0 Å². The van der Waals surface area contributed by atoms with Gasteiger partial charge in [-0.25, -0.2) is 22.7 Å². The van der Waals surface area contributed by atoms with Crippen LogP contribution in [0.1, 0.15) is 30.3 Å². The van der Waals surface area contributed by atoms with Crippen molar-refractivity contribution in [2.75, 3.05) is 19.4 Å². The maximum atomic E-state index is 12.6. The lowest BCUT2D eigenvalue weighted by Gasteiger charge is -2.11. The first kappa shape index (κ1) is 23.3. The lowest BCUT2D eigenvalue weighted by atomic mass is 10.1. The summed E-state index contributed by atoms with van der Waals surface area (Å²) in [6.45, 7) is 6.72. The van der Waals surface area contributed by atoms with Gasteiger partial charge in [-0.2, -0.15) is 0 Å². The Hall–Kier alpha value is -2.82. The Morgan fingerprint density at radius 1 is 1.12 bits per heavy atom. The second-order valence-electron chi connectivity index (χ2n) is 8.15. The van der Waals surface area contributed by atoms with E-state index in [9.17, 15) is 13.2 Å². The molecule has 0 fully saturated rings. The van der Waals surface area contributed by atoms with Gasteiger partial charge in [0.05, 0.1) is 26.1 Å². The molecule has 10 heteroatoms. The molecule has 0 atom stereocenters. The fourth-order valence-electron chi connectivity index (χ4n) is 3.79. The number of aryl methyl sites for hydroxylation is 4. The summed E-state index contributed by atoms with van der Waals surface area (Å²) >= 11 is 1.48. The molecule has 4 rings (SSSR count). The molecule has 1 N–H and O–H groups in total. The molecule has 0 spiro atoms. The Bertz CT molecular complexity index is 1430. The normalized spacial score (nSPS) is 12.2. The molecule has 0 saturated heterocycles. The molecule has 8 nitrogen and oxygen atoms in total. The molecule has 0 aliphatic heterocycles. The molecule has 1 amide bonds. The predicted octanol–water partition coefficient (Wildman–Crippen LogP) is 4.10. The van der Waals surface area contributed by atoms with Gasteiger partial charge in [-0.15, -0.1) is 0 Å². The minimum atomic E-state index is -3.54. The van der Waals surface area contributed by atoms with Crippen molar-refractivity contribution >= 4 is 53.6 Å². The Morgan fingerprint density at radius 2 is 1.85 bits per heavy atom. The van der Waals surface area contributed by atoms with E-state index in [2.05, 4.69) is 21.4 Å². The van der Waals surface area contributed by atoms with Crippen molar-refractivity contribution in [3.8, 4) is 0 Å². The Labute approximate surface area is 197 Å². The zero-order valence-electron chi connectivity index (χ0n) is 19.3. The standard InChI is InChI=1S/C23H27N5O3S2/c1-6-28-18-10-9-16(33(30,31)27(4)5)13-17(18)24-19(28)11-12-20(29)25-23-26-21-14(2)7-8-15(3)22(21)32-23/h7-10,13H,6,11-12H2,1-5H3,(H,25,26,29). The molecule has 33 heavy (non-hydrogen) atoms. The van der Waals surface area contributed by atoms with Gasteiger partial charge in [-0.3, -0.25) is 4.79 Å². The number of aromatic nitrogens is 3. The lowest BCUT2D eigenvalue weighted by molar-refractivity contribution is -0.116. The van der Waals surface area contributed by atoms with E-state index in [1.165, 1.54) is 29.7 Å². The smallest absolute Gasteiger partial charge is 0.242 e. The molecule has 0 unspecified atom stereocenters. The van der Waals surface area contributed by atoms with E-state index in [-0.39, 0.29) is 17.2 Å². The highest BCUT2D eigenvalue weighted by Crippen LogP contribution is 2.31. The van der Waals surface area contributed by atoms with E-state index in [0.717, 1.165) is 32.7 Å². The van der Waals surface area contributed by atoms with Crippen LogP contribution in [-0.4, -0.2) is 47.3 Å². The van der Waals surface area contributed by atoms with E-state index >= 15 is 0 Å². The van der Waals surface area contributed by atoms with Gasteiger partial charge in [0.25, 0.3) is 0 Å². The third-order valence-corrected chi connectivity index (χ3v) is 8.57. The molecule has 0 saturated carbocycles. The molecule has 174 valence electrons. The summed E-state index contributed by atoms with van der Waals surface area (Å²) in [5.41, 5.74) is 4.60. The number of amides is 1. The summed E-state index contributed by atoms with van der Waals surface area (Å²) in [7, 11) is -0.538. The van der Waals surface area contributed by atoms with Crippen molar-refractivity contribution in [2.45, 2.75) is 45.1 Å². The Balaban J connectivity index is 1.53. The van der Waals surface area contributed by atoms with Crippen molar-refractivity contribution < 1.29 is 13.2 Å². The van der Waals surface area contributed by atoms with Crippen molar-refractivity contribution in [3.05, 3.63) is 47.3 Å².